The highest BCUT2D eigenvalue weighted by molar-refractivity contribution is 8.03. The summed E-state index contributed by atoms with van der Waals surface area (Å²) in [6.45, 7) is 2.47. The van der Waals surface area contributed by atoms with Crippen molar-refractivity contribution in [1.82, 2.24) is 0 Å². The summed E-state index contributed by atoms with van der Waals surface area (Å²) in [5, 5.41) is 7.53. The average molecular weight is 973 g/mol. The van der Waals surface area contributed by atoms with Gasteiger partial charge in [0.05, 0.1) is 11.4 Å². The highest BCUT2D eigenvalue weighted by atomic mass is 32.2. The second kappa shape index (κ2) is 17.2. The molecule has 0 bridgehead atoms. The topological polar surface area (TPSA) is 32.8 Å². The molecule has 4 nitrogen and oxygen atoms in total. The molecule has 1 unspecified atom stereocenters. The van der Waals surface area contributed by atoms with Crippen LogP contribution in [0.3, 0.4) is 0 Å². The first-order valence-electron chi connectivity index (χ1n) is 26.3. The number of rotatable bonds is 8. The number of thioether (sulfide) groups is 1. The van der Waals surface area contributed by atoms with Crippen molar-refractivity contribution in [2.45, 2.75) is 62.2 Å². The summed E-state index contributed by atoms with van der Waals surface area (Å²) < 4.78 is 13.5. The average Bonchev–Trinajstić information content (AvgIpc) is 4.19. The molecule has 15 rings (SSSR count). The number of nitrogens with zero attached hydrogens (tertiary/aromatic N) is 2. The molecule has 4 aliphatic carbocycles. The van der Waals surface area contributed by atoms with Crippen LogP contribution in [0, 0.1) is 0 Å². The van der Waals surface area contributed by atoms with E-state index < -0.39 is 0 Å². The van der Waals surface area contributed by atoms with E-state index in [0.29, 0.717) is 0 Å². The van der Waals surface area contributed by atoms with Gasteiger partial charge in [0.2, 0.25) is 0 Å². The zero-order valence-electron chi connectivity index (χ0n) is 41.3. The number of benzene rings is 8. The minimum atomic E-state index is -0.158. The summed E-state index contributed by atoms with van der Waals surface area (Å²) in [4.78, 5) is 7.59. The number of aryl methyl sites for hydroxylation is 2. The Morgan fingerprint density at radius 2 is 1.19 bits per heavy atom. The van der Waals surface area contributed by atoms with E-state index in [9.17, 15) is 0 Å². The van der Waals surface area contributed by atoms with Gasteiger partial charge in [0.25, 0.3) is 0 Å². The van der Waals surface area contributed by atoms with Crippen molar-refractivity contribution >= 4 is 107 Å². The van der Waals surface area contributed by atoms with Crippen LogP contribution in [0.1, 0.15) is 78.4 Å². The van der Waals surface area contributed by atoms with Gasteiger partial charge in [0.1, 0.15) is 11.5 Å². The fourth-order valence-corrected chi connectivity index (χ4v) is 14.2. The third-order valence-corrected chi connectivity index (χ3v) is 17.7. The molecule has 0 N–H and O–H groups in total. The lowest BCUT2D eigenvalue weighted by Crippen LogP contribution is -2.22. The Bertz CT molecular complexity index is 4150. The molecule has 0 fully saturated rings. The zero-order chi connectivity index (χ0) is 48.9. The molecule has 0 saturated heterocycles. The minimum Gasteiger partial charge on any atom is -0.458 e. The van der Waals surface area contributed by atoms with E-state index in [1.54, 1.807) is 0 Å². The molecule has 5 aliphatic rings. The summed E-state index contributed by atoms with van der Waals surface area (Å²) in [6, 6.07) is 60.4. The van der Waals surface area contributed by atoms with Crippen molar-refractivity contribution < 1.29 is 8.83 Å². The number of hydrogen-bond donors (Lipinski definition) is 0. The summed E-state index contributed by atoms with van der Waals surface area (Å²) in [5.41, 5.74) is 17.4. The van der Waals surface area contributed by atoms with Crippen molar-refractivity contribution in [3.63, 3.8) is 0 Å². The first kappa shape index (κ1) is 43.3. The van der Waals surface area contributed by atoms with Crippen LogP contribution >= 0.6 is 11.8 Å². The Balaban J connectivity index is 0.817. The van der Waals surface area contributed by atoms with Crippen LogP contribution < -0.4 is 9.80 Å². The van der Waals surface area contributed by atoms with Gasteiger partial charge in [-0.05, 0) is 155 Å². The van der Waals surface area contributed by atoms with Gasteiger partial charge in [-0.15, -0.1) is 0 Å². The fraction of sp³-hybridized carbons (Fsp3) is 0.130. The fourth-order valence-electron chi connectivity index (χ4n) is 12.7. The first-order chi connectivity index (χ1) is 36.6. The van der Waals surface area contributed by atoms with Crippen LogP contribution in [0.15, 0.2) is 225 Å². The number of allylic oxidation sites excluding steroid dienone is 9. The van der Waals surface area contributed by atoms with Crippen molar-refractivity contribution in [1.29, 1.82) is 0 Å². The van der Waals surface area contributed by atoms with E-state index in [1.165, 1.54) is 81.4 Å². The Kier molecular flexibility index (Phi) is 10.1. The maximum Gasteiger partial charge on any atom is 0.159 e. The van der Waals surface area contributed by atoms with Crippen molar-refractivity contribution in [3.8, 4) is 0 Å². The smallest absolute Gasteiger partial charge is 0.159 e. The maximum atomic E-state index is 6.78. The SMILES string of the molecule is CC12CC=C(c3ccc(N(C4=C(c5ccccc5)CCC=C4)c4cccc5c6c(oc45)C=CCC6)cc3)C=C1Sc1c2c2ccccc2c2cc(N(c3ccccc3)c3cccc4c5c(oc34)CCC=C5)ccc12. The molecule has 10 aromatic rings. The Morgan fingerprint density at radius 3 is 2.04 bits per heavy atom. The number of anilines is 5. The summed E-state index contributed by atoms with van der Waals surface area (Å²) in [6.07, 6.45) is 25.3. The highest BCUT2D eigenvalue weighted by Gasteiger charge is 2.43. The van der Waals surface area contributed by atoms with Gasteiger partial charge in [-0.3, -0.25) is 0 Å². The van der Waals surface area contributed by atoms with Gasteiger partial charge >= 0.3 is 0 Å². The largest absolute Gasteiger partial charge is 0.458 e. The van der Waals surface area contributed by atoms with Crippen molar-refractivity contribution in [2.24, 2.45) is 0 Å². The van der Waals surface area contributed by atoms with E-state index >= 15 is 0 Å². The van der Waals surface area contributed by atoms with Crippen LogP contribution in [-0.2, 0) is 18.3 Å². The molecule has 1 atom stereocenters. The van der Waals surface area contributed by atoms with E-state index in [1.807, 2.05) is 11.8 Å². The van der Waals surface area contributed by atoms with E-state index in [2.05, 4.69) is 229 Å². The molecule has 2 aromatic heterocycles. The van der Waals surface area contributed by atoms with Crippen molar-refractivity contribution in [3.05, 3.63) is 250 Å². The van der Waals surface area contributed by atoms with Crippen LogP contribution in [0.4, 0.5) is 28.4 Å². The molecule has 74 heavy (non-hydrogen) atoms. The molecule has 8 aromatic carbocycles. The monoisotopic (exact) mass is 972 g/mol. The second-order valence-corrected chi connectivity index (χ2v) is 21.6. The third kappa shape index (κ3) is 6.76. The third-order valence-electron chi connectivity index (χ3n) is 16.3. The molecule has 0 spiro atoms. The molecule has 5 heteroatoms. The molecular weight excluding hydrogens is 921 g/mol. The molecule has 1 aliphatic heterocycles. The lowest BCUT2D eigenvalue weighted by atomic mass is 9.73. The molecule has 0 radical (unpaired) electrons. The molecule has 3 heterocycles. The standard InChI is InChI=1S/C69H52N2O2S/c1-69-41-40-46(44-34-36-48(37-35-44)71(59-29-13-10-22-50(59)45-18-4-2-5-19-45)61-31-17-28-56-53-25-12-15-33-63(53)73-67(56)61)42-64(69)74-68-57-39-38-49(43-58(57)51-23-8-9-26-54(51)65(68)69)70(47-20-6-3-7-21-47)60-30-16-27-55-52-24-11-14-32-62(52)72-66(55)60/h2-9,11,13,15-21,23-24,26-31,33-40,42-43H,10,12,14,22,25,32,41H2,1H3. The van der Waals surface area contributed by atoms with Crippen LogP contribution in [0.5, 0.6) is 0 Å². The van der Waals surface area contributed by atoms with Gasteiger partial charge in [0, 0.05) is 66.3 Å². The molecular formula is C69H52N2O2S. The van der Waals surface area contributed by atoms with E-state index in [-0.39, 0.29) is 5.41 Å². The van der Waals surface area contributed by atoms with Crippen LogP contribution in [0.2, 0.25) is 0 Å². The second-order valence-electron chi connectivity index (χ2n) is 20.6. The summed E-state index contributed by atoms with van der Waals surface area (Å²) in [7, 11) is 0. The van der Waals surface area contributed by atoms with E-state index in [0.717, 1.165) is 101 Å². The number of fused-ring (bicyclic) bond motifs is 14. The molecule has 356 valence electrons. The lowest BCUT2D eigenvalue weighted by Gasteiger charge is -2.31. The Hall–Kier alpha value is -8.25. The van der Waals surface area contributed by atoms with Gasteiger partial charge in [0.15, 0.2) is 11.2 Å². The quantitative estimate of drug-likeness (QED) is 0.142. The maximum absolute atomic E-state index is 6.78. The number of para-hydroxylation sites is 3. The Labute approximate surface area is 435 Å². The van der Waals surface area contributed by atoms with Gasteiger partial charge in [-0.2, -0.15) is 0 Å². The minimum absolute atomic E-state index is 0.158. The van der Waals surface area contributed by atoms with E-state index in [4.69, 9.17) is 8.83 Å². The highest BCUT2D eigenvalue weighted by Crippen LogP contribution is 2.61. The summed E-state index contributed by atoms with van der Waals surface area (Å²) >= 11 is 1.97. The van der Waals surface area contributed by atoms with Gasteiger partial charge < -0.3 is 18.6 Å². The molecule has 0 amide bonds. The first-order valence-corrected chi connectivity index (χ1v) is 27.1. The normalized spacial score (nSPS) is 17.6. The Morgan fingerprint density at radius 1 is 0.514 bits per heavy atom. The predicted octanol–water partition coefficient (Wildman–Crippen LogP) is 19.5. The predicted molar refractivity (Wildman–Crippen MR) is 311 cm³/mol. The van der Waals surface area contributed by atoms with Gasteiger partial charge in [-0.25, -0.2) is 0 Å². The number of hydrogen-bond acceptors (Lipinski definition) is 5. The zero-order valence-corrected chi connectivity index (χ0v) is 42.1. The number of furan rings is 2. The van der Waals surface area contributed by atoms with Gasteiger partial charge in [-0.1, -0.05) is 164 Å². The van der Waals surface area contributed by atoms with Crippen molar-refractivity contribution in [2.75, 3.05) is 9.80 Å². The molecule has 0 saturated carbocycles. The van der Waals surface area contributed by atoms with Crippen LogP contribution in [-0.4, -0.2) is 0 Å². The van der Waals surface area contributed by atoms with Crippen LogP contribution in [0.25, 0.3) is 66.8 Å². The lowest BCUT2D eigenvalue weighted by molar-refractivity contribution is 0.546. The summed E-state index contributed by atoms with van der Waals surface area (Å²) in [5.74, 6) is 2.06.